The number of ether oxygens (including phenoxy) is 1. The molecule has 3 unspecified atom stereocenters. The van der Waals surface area contributed by atoms with Gasteiger partial charge in [-0.25, -0.2) is 4.79 Å². The van der Waals surface area contributed by atoms with Crippen LogP contribution in [-0.2, 0) is 4.74 Å². The summed E-state index contributed by atoms with van der Waals surface area (Å²) in [6.07, 6.45) is 7.44. The molecule has 1 N–H and O–H groups in total. The summed E-state index contributed by atoms with van der Waals surface area (Å²) in [6.45, 7) is 10.7. The maximum Gasteiger partial charge on any atom is 0.317 e. The number of piperidine rings is 2. The second-order valence-electron chi connectivity index (χ2n) is 8.23. The lowest BCUT2D eigenvalue weighted by molar-refractivity contribution is 0.0796. The van der Waals surface area contributed by atoms with Gasteiger partial charge in [-0.15, -0.1) is 0 Å². The summed E-state index contributed by atoms with van der Waals surface area (Å²) in [5, 5.41) is 3.17. The molecule has 2 amide bonds. The molecule has 3 heterocycles. The molecular weight excluding hydrogens is 302 g/mol. The van der Waals surface area contributed by atoms with Crippen molar-refractivity contribution in [3.05, 3.63) is 0 Å². The van der Waals surface area contributed by atoms with E-state index in [-0.39, 0.29) is 18.2 Å². The van der Waals surface area contributed by atoms with Gasteiger partial charge in [-0.3, -0.25) is 0 Å². The molecule has 24 heavy (non-hydrogen) atoms. The molecule has 3 aliphatic rings. The molecule has 0 aromatic carbocycles. The first-order valence-electron chi connectivity index (χ1n) is 10.0. The van der Waals surface area contributed by atoms with E-state index in [0.717, 1.165) is 51.4 Å². The Morgan fingerprint density at radius 1 is 1.17 bits per heavy atom. The third-order valence-corrected chi connectivity index (χ3v) is 6.07. The summed E-state index contributed by atoms with van der Waals surface area (Å²) in [5.74, 6) is 1.52. The lowest BCUT2D eigenvalue weighted by Gasteiger charge is -2.38. The smallest absolute Gasteiger partial charge is 0.317 e. The monoisotopic (exact) mass is 337 g/mol. The van der Waals surface area contributed by atoms with E-state index < -0.39 is 0 Å². The van der Waals surface area contributed by atoms with Crippen LogP contribution in [0.25, 0.3) is 0 Å². The third kappa shape index (κ3) is 4.85. The van der Waals surface area contributed by atoms with E-state index in [1.165, 1.54) is 32.4 Å². The Morgan fingerprint density at radius 2 is 1.96 bits per heavy atom. The van der Waals surface area contributed by atoms with Gasteiger partial charge in [0.1, 0.15) is 0 Å². The number of carbonyl (C=O) groups excluding carboxylic acids is 1. The number of urea groups is 1. The van der Waals surface area contributed by atoms with Crippen LogP contribution >= 0.6 is 0 Å². The van der Waals surface area contributed by atoms with Crippen LogP contribution < -0.4 is 5.32 Å². The largest absolute Gasteiger partial charge is 0.376 e. The normalized spacial score (nSPS) is 31.2. The van der Waals surface area contributed by atoms with Gasteiger partial charge in [-0.1, -0.05) is 6.92 Å². The number of amides is 2. The van der Waals surface area contributed by atoms with E-state index in [1.807, 2.05) is 4.90 Å². The maximum atomic E-state index is 12.6. The number of rotatable bonds is 4. The van der Waals surface area contributed by atoms with Crippen LogP contribution in [0.1, 0.15) is 52.4 Å². The Balaban J connectivity index is 1.43. The lowest BCUT2D eigenvalue weighted by atomic mass is 9.94. The van der Waals surface area contributed by atoms with Crippen LogP contribution in [0.15, 0.2) is 0 Å². The summed E-state index contributed by atoms with van der Waals surface area (Å²) in [7, 11) is 0. The van der Waals surface area contributed by atoms with Crippen molar-refractivity contribution >= 4 is 6.03 Å². The van der Waals surface area contributed by atoms with Crippen molar-refractivity contribution in [2.45, 2.75) is 64.5 Å². The summed E-state index contributed by atoms with van der Waals surface area (Å²) in [5.41, 5.74) is 0. The molecular formula is C19H35N3O2. The van der Waals surface area contributed by atoms with Gasteiger partial charge in [0.2, 0.25) is 0 Å². The summed E-state index contributed by atoms with van der Waals surface area (Å²) >= 11 is 0. The Bertz CT molecular complexity index is 403. The van der Waals surface area contributed by atoms with Crippen LogP contribution in [0, 0.1) is 11.8 Å². The Hall–Kier alpha value is -0.810. The molecule has 0 radical (unpaired) electrons. The number of hydrogen-bond donors (Lipinski definition) is 1. The van der Waals surface area contributed by atoms with Crippen molar-refractivity contribution in [2.24, 2.45) is 11.8 Å². The molecule has 0 bridgehead atoms. The van der Waals surface area contributed by atoms with Gasteiger partial charge in [-0.2, -0.15) is 0 Å². The van der Waals surface area contributed by atoms with E-state index in [1.54, 1.807) is 0 Å². The molecule has 0 aromatic heterocycles. The third-order valence-electron chi connectivity index (χ3n) is 6.07. The highest BCUT2D eigenvalue weighted by atomic mass is 16.5. The molecule has 0 spiro atoms. The van der Waals surface area contributed by atoms with E-state index in [4.69, 9.17) is 4.74 Å². The fraction of sp³-hybridized carbons (Fsp3) is 0.947. The summed E-state index contributed by atoms with van der Waals surface area (Å²) < 4.78 is 5.69. The van der Waals surface area contributed by atoms with Crippen LogP contribution in [-0.4, -0.2) is 67.3 Å². The number of carbonyl (C=O) groups is 1. The molecule has 3 saturated heterocycles. The summed E-state index contributed by atoms with van der Waals surface area (Å²) in [6, 6.07) is 0.221. The number of nitrogens with one attached hydrogen (secondary N) is 1. The molecule has 138 valence electrons. The number of hydrogen-bond acceptors (Lipinski definition) is 3. The van der Waals surface area contributed by atoms with Gasteiger partial charge in [0, 0.05) is 26.2 Å². The fourth-order valence-electron chi connectivity index (χ4n) is 4.38. The first-order valence-corrected chi connectivity index (χ1v) is 10.0. The molecule has 0 saturated carbocycles. The van der Waals surface area contributed by atoms with Gasteiger partial charge in [-0.05, 0) is 70.4 Å². The van der Waals surface area contributed by atoms with Crippen molar-refractivity contribution in [2.75, 3.05) is 39.3 Å². The Labute approximate surface area is 147 Å². The molecule has 0 aromatic rings. The summed E-state index contributed by atoms with van der Waals surface area (Å²) in [4.78, 5) is 17.2. The molecule has 5 nitrogen and oxygen atoms in total. The zero-order chi connectivity index (χ0) is 16.9. The van der Waals surface area contributed by atoms with E-state index in [2.05, 4.69) is 24.1 Å². The van der Waals surface area contributed by atoms with Gasteiger partial charge in [0.05, 0.1) is 12.1 Å². The molecule has 5 heteroatoms. The highest BCUT2D eigenvalue weighted by Crippen LogP contribution is 2.22. The van der Waals surface area contributed by atoms with Crippen molar-refractivity contribution in [1.82, 2.24) is 15.1 Å². The molecule has 3 fully saturated rings. The predicted octanol–water partition coefficient (Wildman–Crippen LogP) is 2.71. The van der Waals surface area contributed by atoms with E-state index >= 15 is 0 Å². The van der Waals surface area contributed by atoms with Gasteiger partial charge < -0.3 is 19.9 Å². The fourth-order valence-corrected chi connectivity index (χ4v) is 4.38. The van der Waals surface area contributed by atoms with Gasteiger partial charge in [0.25, 0.3) is 0 Å². The average molecular weight is 338 g/mol. The highest BCUT2D eigenvalue weighted by Gasteiger charge is 2.29. The first kappa shape index (κ1) is 18.0. The standard InChI is InChI=1S/C19H35N3O2/c1-15-7-10-21(11-8-15)13-17-5-3-9-22(14-17)19(23)20-16(2)18-6-4-12-24-18/h15-18H,3-14H2,1-2H3,(H,20,23). The molecule has 3 aliphatic heterocycles. The van der Waals surface area contributed by atoms with E-state index in [9.17, 15) is 4.79 Å². The van der Waals surface area contributed by atoms with Gasteiger partial charge in [0.15, 0.2) is 0 Å². The second-order valence-corrected chi connectivity index (χ2v) is 8.23. The molecule has 3 rings (SSSR count). The zero-order valence-electron chi connectivity index (χ0n) is 15.5. The van der Waals surface area contributed by atoms with Crippen molar-refractivity contribution in [1.29, 1.82) is 0 Å². The Morgan fingerprint density at radius 3 is 2.67 bits per heavy atom. The Kier molecular flexibility index (Phi) is 6.39. The van der Waals surface area contributed by atoms with Crippen LogP contribution in [0.4, 0.5) is 4.79 Å². The van der Waals surface area contributed by atoms with Crippen LogP contribution in [0.3, 0.4) is 0 Å². The minimum Gasteiger partial charge on any atom is -0.376 e. The molecule has 3 atom stereocenters. The number of nitrogens with zero attached hydrogens (tertiary/aromatic N) is 2. The zero-order valence-corrected chi connectivity index (χ0v) is 15.5. The topological polar surface area (TPSA) is 44.8 Å². The average Bonchev–Trinajstić information content (AvgIpc) is 3.12. The quantitative estimate of drug-likeness (QED) is 0.858. The maximum absolute atomic E-state index is 12.6. The minimum absolute atomic E-state index is 0.106. The predicted molar refractivity (Wildman–Crippen MR) is 96.1 cm³/mol. The van der Waals surface area contributed by atoms with Crippen molar-refractivity contribution < 1.29 is 9.53 Å². The van der Waals surface area contributed by atoms with Crippen LogP contribution in [0.5, 0.6) is 0 Å². The van der Waals surface area contributed by atoms with Crippen LogP contribution in [0.2, 0.25) is 0 Å². The minimum atomic E-state index is 0.106. The van der Waals surface area contributed by atoms with Crippen molar-refractivity contribution in [3.8, 4) is 0 Å². The van der Waals surface area contributed by atoms with E-state index in [0.29, 0.717) is 5.92 Å². The number of likely N-dealkylation sites (tertiary alicyclic amines) is 2. The van der Waals surface area contributed by atoms with Gasteiger partial charge >= 0.3 is 6.03 Å². The lowest BCUT2D eigenvalue weighted by Crippen LogP contribution is -2.52. The SMILES string of the molecule is CC1CCN(CC2CCCN(C(=O)NC(C)C3CCCO3)C2)CC1. The molecule has 0 aliphatic carbocycles. The van der Waals surface area contributed by atoms with Crippen molar-refractivity contribution in [3.63, 3.8) is 0 Å². The highest BCUT2D eigenvalue weighted by molar-refractivity contribution is 5.74. The second kappa shape index (κ2) is 8.52. The first-order chi connectivity index (χ1) is 11.6.